The Balaban J connectivity index is 2.55. The molecule has 0 radical (unpaired) electrons. The van der Waals surface area contributed by atoms with Crippen molar-refractivity contribution in [3.8, 4) is 5.69 Å². The summed E-state index contributed by atoms with van der Waals surface area (Å²) < 4.78 is 1.68. The lowest BCUT2D eigenvalue weighted by molar-refractivity contribution is 0.0687. The topological polar surface area (TPSA) is 55.1 Å². The molecule has 4 nitrogen and oxygen atoms in total. The Morgan fingerprint density at radius 2 is 1.79 bits per heavy atom. The van der Waals surface area contributed by atoms with Crippen LogP contribution in [0.2, 0.25) is 0 Å². The molecule has 100 valence electrons. The number of carbonyl (C=O) groups is 1. The van der Waals surface area contributed by atoms with Crippen LogP contribution in [0.25, 0.3) is 5.69 Å². The van der Waals surface area contributed by atoms with Gasteiger partial charge < -0.3 is 5.11 Å². The van der Waals surface area contributed by atoms with E-state index in [1.54, 1.807) is 11.5 Å². The van der Waals surface area contributed by atoms with Gasteiger partial charge in [-0.05, 0) is 37.5 Å². The van der Waals surface area contributed by atoms with Crippen LogP contribution < -0.4 is 0 Å². The highest BCUT2D eigenvalue weighted by Crippen LogP contribution is 2.21. The molecule has 0 amide bonds. The summed E-state index contributed by atoms with van der Waals surface area (Å²) in [5, 5.41) is 9.30. The second kappa shape index (κ2) is 4.88. The molecular formula is C15H18N2O2. The molecule has 0 aliphatic rings. The number of aromatic nitrogens is 2. The van der Waals surface area contributed by atoms with Gasteiger partial charge >= 0.3 is 5.97 Å². The first-order chi connectivity index (χ1) is 8.91. The van der Waals surface area contributed by atoms with Crippen LogP contribution in [0.5, 0.6) is 0 Å². The quantitative estimate of drug-likeness (QED) is 0.918. The fraction of sp³-hybridized carbons (Fsp3) is 0.333. The summed E-state index contributed by atoms with van der Waals surface area (Å²) in [5.41, 5.74) is 2.84. The van der Waals surface area contributed by atoms with Crippen molar-refractivity contribution in [2.75, 3.05) is 0 Å². The maximum Gasteiger partial charge on any atom is 0.354 e. The Morgan fingerprint density at radius 1 is 1.21 bits per heavy atom. The molecule has 19 heavy (non-hydrogen) atoms. The zero-order valence-corrected chi connectivity index (χ0v) is 11.6. The average Bonchev–Trinajstić information content (AvgIpc) is 2.64. The van der Waals surface area contributed by atoms with Crippen molar-refractivity contribution in [3.63, 3.8) is 0 Å². The summed E-state index contributed by atoms with van der Waals surface area (Å²) >= 11 is 0. The molecule has 2 aromatic rings. The van der Waals surface area contributed by atoms with Crippen molar-refractivity contribution in [2.45, 2.75) is 33.6 Å². The first-order valence-corrected chi connectivity index (χ1v) is 6.31. The van der Waals surface area contributed by atoms with Gasteiger partial charge in [0.25, 0.3) is 0 Å². The molecule has 1 heterocycles. The summed E-state index contributed by atoms with van der Waals surface area (Å²) in [7, 11) is 0. The van der Waals surface area contributed by atoms with Crippen LogP contribution in [0.4, 0.5) is 0 Å². The lowest BCUT2D eigenvalue weighted by Crippen LogP contribution is -2.09. The number of aryl methyl sites for hydroxylation is 2. The van der Waals surface area contributed by atoms with Crippen molar-refractivity contribution >= 4 is 5.97 Å². The monoisotopic (exact) mass is 258 g/mol. The normalized spacial score (nSPS) is 11.0. The highest BCUT2D eigenvalue weighted by molar-refractivity contribution is 5.88. The zero-order valence-electron chi connectivity index (χ0n) is 11.6. The number of benzene rings is 1. The third kappa shape index (κ3) is 2.38. The summed E-state index contributed by atoms with van der Waals surface area (Å²) in [6.07, 6.45) is 0. The lowest BCUT2D eigenvalue weighted by Gasteiger charge is -2.10. The van der Waals surface area contributed by atoms with Gasteiger partial charge in [0.2, 0.25) is 0 Å². The second-order valence-corrected chi connectivity index (χ2v) is 4.98. The molecule has 0 aliphatic carbocycles. The predicted octanol–water partition coefficient (Wildman–Crippen LogP) is 3.31. The van der Waals surface area contributed by atoms with E-state index in [4.69, 9.17) is 0 Å². The van der Waals surface area contributed by atoms with Crippen LogP contribution in [0.3, 0.4) is 0 Å². The summed E-state index contributed by atoms with van der Waals surface area (Å²) in [6, 6.07) is 7.94. The SMILES string of the molecule is Cc1nc(C)n(-c2ccc(C(C)C)cc2)c1C(=O)O. The molecule has 0 aliphatic heterocycles. The summed E-state index contributed by atoms with van der Waals surface area (Å²) in [4.78, 5) is 15.6. The third-order valence-electron chi connectivity index (χ3n) is 3.24. The molecule has 0 fully saturated rings. The van der Waals surface area contributed by atoms with Crippen molar-refractivity contribution in [1.29, 1.82) is 0 Å². The molecule has 0 unspecified atom stereocenters. The standard InChI is InChI=1S/C15H18N2O2/c1-9(2)12-5-7-13(8-6-12)17-11(4)16-10(3)14(17)15(18)19/h5-9H,1-4H3,(H,18,19). The van der Waals surface area contributed by atoms with E-state index in [0.29, 0.717) is 17.4 Å². The molecule has 1 N–H and O–H groups in total. The minimum Gasteiger partial charge on any atom is -0.477 e. The first kappa shape index (κ1) is 13.3. The summed E-state index contributed by atoms with van der Waals surface area (Å²) in [6.45, 7) is 7.79. The second-order valence-electron chi connectivity index (χ2n) is 4.98. The van der Waals surface area contributed by atoms with Crippen LogP contribution in [0.15, 0.2) is 24.3 Å². The number of hydrogen-bond acceptors (Lipinski definition) is 2. The van der Waals surface area contributed by atoms with Crippen molar-refractivity contribution in [1.82, 2.24) is 9.55 Å². The average molecular weight is 258 g/mol. The fourth-order valence-corrected chi connectivity index (χ4v) is 2.24. The van der Waals surface area contributed by atoms with E-state index in [1.807, 2.05) is 31.2 Å². The maximum atomic E-state index is 11.3. The van der Waals surface area contributed by atoms with Crippen LogP contribution >= 0.6 is 0 Å². The molecule has 0 spiro atoms. The molecule has 1 aromatic carbocycles. The predicted molar refractivity (Wildman–Crippen MR) is 74.1 cm³/mol. The van der Waals surface area contributed by atoms with Gasteiger partial charge in [0, 0.05) is 5.69 Å². The fourth-order valence-electron chi connectivity index (χ4n) is 2.24. The smallest absolute Gasteiger partial charge is 0.354 e. The van der Waals surface area contributed by atoms with Gasteiger partial charge in [-0.3, -0.25) is 4.57 Å². The number of aromatic carboxylic acids is 1. The highest BCUT2D eigenvalue weighted by Gasteiger charge is 2.19. The molecule has 0 bridgehead atoms. The molecule has 1 aromatic heterocycles. The minimum absolute atomic E-state index is 0.231. The maximum absolute atomic E-state index is 11.3. The van der Waals surface area contributed by atoms with E-state index in [-0.39, 0.29) is 5.69 Å². The van der Waals surface area contributed by atoms with Crippen molar-refractivity contribution < 1.29 is 9.90 Å². The van der Waals surface area contributed by atoms with Crippen molar-refractivity contribution in [3.05, 3.63) is 47.0 Å². The Bertz CT molecular complexity index is 610. The highest BCUT2D eigenvalue weighted by atomic mass is 16.4. The van der Waals surface area contributed by atoms with E-state index in [1.165, 1.54) is 5.56 Å². The number of rotatable bonds is 3. The zero-order chi connectivity index (χ0) is 14.2. The minimum atomic E-state index is -0.953. The molecule has 0 atom stereocenters. The van der Waals surface area contributed by atoms with Gasteiger partial charge in [0.05, 0.1) is 5.69 Å². The van der Waals surface area contributed by atoms with Crippen molar-refractivity contribution in [2.24, 2.45) is 0 Å². The Kier molecular flexibility index (Phi) is 3.42. The largest absolute Gasteiger partial charge is 0.477 e. The van der Waals surface area contributed by atoms with Crippen LogP contribution in [-0.2, 0) is 0 Å². The molecule has 0 saturated carbocycles. The molecule has 2 rings (SSSR count). The number of carboxylic acids is 1. The number of imidazole rings is 1. The Labute approximate surface area is 112 Å². The van der Waals surface area contributed by atoms with Gasteiger partial charge in [-0.1, -0.05) is 26.0 Å². The number of nitrogens with zero attached hydrogens (tertiary/aromatic N) is 2. The number of hydrogen-bond donors (Lipinski definition) is 1. The van der Waals surface area contributed by atoms with E-state index in [2.05, 4.69) is 18.8 Å². The van der Waals surface area contributed by atoms with Gasteiger partial charge in [0.15, 0.2) is 5.69 Å². The number of carboxylic acid groups (broad SMARTS) is 1. The van der Waals surface area contributed by atoms with Gasteiger partial charge in [-0.25, -0.2) is 9.78 Å². The van der Waals surface area contributed by atoms with Gasteiger partial charge in [-0.15, -0.1) is 0 Å². The molecular weight excluding hydrogens is 240 g/mol. The van der Waals surface area contributed by atoms with E-state index >= 15 is 0 Å². The Hall–Kier alpha value is -2.10. The lowest BCUT2D eigenvalue weighted by atomic mass is 10.0. The van der Waals surface area contributed by atoms with E-state index in [9.17, 15) is 9.90 Å². The van der Waals surface area contributed by atoms with E-state index in [0.717, 1.165) is 5.69 Å². The molecule has 4 heteroatoms. The first-order valence-electron chi connectivity index (χ1n) is 6.31. The van der Waals surface area contributed by atoms with E-state index < -0.39 is 5.97 Å². The van der Waals surface area contributed by atoms with Crippen LogP contribution in [0, 0.1) is 13.8 Å². The van der Waals surface area contributed by atoms with Crippen LogP contribution in [0.1, 0.15) is 47.3 Å². The van der Waals surface area contributed by atoms with Gasteiger partial charge in [-0.2, -0.15) is 0 Å². The van der Waals surface area contributed by atoms with Gasteiger partial charge in [0.1, 0.15) is 5.82 Å². The third-order valence-corrected chi connectivity index (χ3v) is 3.24. The summed E-state index contributed by atoms with van der Waals surface area (Å²) in [5.74, 6) is 0.192. The van der Waals surface area contributed by atoms with Crippen LogP contribution in [-0.4, -0.2) is 20.6 Å². The Morgan fingerprint density at radius 3 is 2.26 bits per heavy atom. The molecule has 0 saturated heterocycles.